The van der Waals surface area contributed by atoms with Crippen LogP contribution in [-0.4, -0.2) is 39.8 Å². The summed E-state index contributed by atoms with van der Waals surface area (Å²) >= 11 is 0. The Bertz CT molecular complexity index is 972. The average molecular weight is 389 g/mol. The van der Waals surface area contributed by atoms with Gasteiger partial charge in [0, 0.05) is 44.1 Å². The number of carbonyl (C=O) groups excluding carboxylic acids is 1. The minimum atomic E-state index is 0.0430. The lowest BCUT2D eigenvalue weighted by Crippen LogP contribution is -2.37. The number of aromatic nitrogens is 2. The molecule has 1 aliphatic heterocycles. The molecule has 1 aliphatic rings. The van der Waals surface area contributed by atoms with Crippen LogP contribution in [0.25, 0.3) is 11.1 Å². The predicted molar refractivity (Wildman–Crippen MR) is 114 cm³/mol. The van der Waals surface area contributed by atoms with E-state index in [0.717, 1.165) is 30.6 Å². The molecular weight excluding hydrogens is 362 g/mol. The van der Waals surface area contributed by atoms with Gasteiger partial charge in [0.15, 0.2) is 0 Å². The molecule has 5 nitrogen and oxygen atoms in total. The first-order valence-electron chi connectivity index (χ1n) is 10.1. The Morgan fingerprint density at radius 1 is 1.17 bits per heavy atom. The molecule has 1 atom stereocenters. The van der Waals surface area contributed by atoms with Crippen molar-refractivity contribution in [1.29, 1.82) is 0 Å². The highest BCUT2D eigenvalue weighted by Crippen LogP contribution is 2.22. The number of hydrogen-bond acceptors (Lipinski definition) is 3. The Kier molecular flexibility index (Phi) is 5.76. The first kappa shape index (κ1) is 19.4. The van der Waals surface area contributed by atoms with E-state index in [4.69, 9.17) is 4.74 Å². The number of rotatable bonds is 6. The van der Waals surface area contributed by atoms with Crippen LogP contribution >= 0.6 is 0 Å². The third-order valence-electron chi connectivity index (χ3n) is 5.53. The van der Waals surface area contributed by atoms with Crippen LogP contribution in [0.2, 0.25) is 0 Å². The van der Waals surface area contributed by atoms with Gasteiger partial charge in [0.05, 0.1) is 12.3 Å². The van der Waals surface area contributed by atoms with Crippen molar-refractivity contribution < 1.29 is 9.53 Å². The molecule has 0 radical (unpaired) electrons. The van der Waals surface area contributed by atoms with E-state index < -0.39 is 0 Å². The minimum absolute atomic E-state index is 0.0430. The zero-order valence-electron chi connectivity index (χ0n) is 17.0. The van der Waals surface area contributed by atoms with E-state index in [-0.39, 0.29) is 12.0 Å². The van der Waals surface area contributed by atoms with Crippen LogP contribution in [0, 0.1) is 6.92 Å². The fourth-order valence-corrected chi connectivity index (χ4v) is 3.80. The second-order valence-electron chi connectivity index (χ2n) is 7.73. The van der Waals surface area contributed by atoms with E-state index in [0.29, 0.717) is 18.7 Å². The lowest BCUT2D eigenvalue weighted by Gasteiger charge is -2.26. The average Bonchev–Trinajstić information content (AvgIpc) is 3.40. The van der Waals surface area contributed by atoms with Crippen LogP contribution in [0.1, 0.15) is 34.3 Å². The monoisotopic (exact) mass is 389 g/mol. The van der Waals surface area contributed by atoms with E-state index in [1.54, 1.807) is 4.68 Å². The van der Waals surface area contributed by atoms with Crippen LogP contribution in [0.15, 0.2) is 60.9 Å². The highest BCUT2D eigenvalue weighted by Gasteiger charge is 2.24. The lowest BCUT2D eigenvalue weighted by molar-refractivity contribution is 0.0507. The number of ether oxygens (including phenoxy) is 1. The number of hydrogen-bond donors (Lipinski definition) is 0. The van der Waals surface area contributed by atoms with E-state index in [9.17, 15) is 4.79 Å². The summed E-state index contributed by atoms with van der Waals surface area (Å²) in [7, 11) is 1.90. The van der Waals surface area contributed by atoms with E-state index in [2.05, 4.69) is 24.2 Å². The Balaban J connectivity index is 1.55. The fourth-order valence-electron chi connectivity index (χ4n) is 3.80. The van der Waals surface area contributed by atoms with Gasteiger partial charge in [-0.25, -0.2) is 0 Å². The van der Waals surface area contributed by atoms with Crippen molar-refractivity contribution in [1.82, 2.24) is 14.7 Å². The van der Waals surface area contributed by atoms with Crippen LogP contribution in [0.5, 0.6) is 0 Å². The molecule has 4 rings (SSSR count). The Hall–Kier alpha value is -2.92. The third kappa shape index (κ3) is 4.57. The largest absolute Gasteiger partial charge is 0.376 e. The topological polar surface area (TPSA) is 47.4 Å². The molecule has 1 amide bonds. The normalized spacial score (nSPS) is 16.1. The molecule has 0 N–H and O–H groups in total. The molecule has 29 heavy (non-hydrogen) atoms. The molecule has 1 fully saturated rings. The number of nitrogens with zero attached hydrogens (tertiary/aromatic N) is 3. The second-order valence-corrected chi connectivity index (χ2v) is 7.73. The number of carbonyl (C=O) groups is 1. The summed E-state index contributed by atoms with van der Waals surface area (Å²) in [5.74, 6) is 0.0430. The zero-order chi connectivity index (χ0) is 20.2. The quantitative estimate of drug-likeness (QED) is 0.634. The van der Waals surface area contributed by atoms with Gasteiger partial charge in [-0.1, -0.05) is 36.4 Å². The van der Waals surface area contributed by atoms with Crippen molar-refractivity contribution >= 4 is 5.91 Å². The molecule has 0 spiro atoms. The SMILES string of the molecule is Cc1ccccc1CN(CC1CCCO1)C(=O)c1ccc(-c2cnn(C)c2)cc1. The maximum Gasteiger partial charge on any atom is 0.254 e. The van der Waals surface area contributed by atoms with Gasteiger partial charge >= 0.3 is 0 Å². The van der Waals surface area contributed by atoms with Crippen LogP contribution < -0.4 is 0 Å². The highest BCUT2D eigenvalue weighted by molar-refractivity contribution is 5.94. The first-order chi connectivity index (χ1) is 14.1. The smallest absolute Gasteiger partial charge is 0.254 e. The van der Waals surface area contributed by atoms with Gasteiger partial charge in [0.1, 0.15) is 0 Å². The lowest BCUT2D eigenvalue weighted by atomic mass is 10.0. The Labute approximate surface area is 171 Å². The number of amides is 1. The summed E-state index contributed by atoms with van der Waals surface area (Å²) in [6, 6.07) is 16.0. The maximum absolute atomic E-state index is 13.4. The second kappa shape index (κ2) is 8.62. The van der Waals surface area contributed by atoms with Crippen molar-refractivity contribution in [2.75, 3.05) is 13.2 Å². The summed E-state index contributed by atoms with van der Waals surface area (Å²) in [5.41, 5.74) is 5.17. The molecule has 3 aromatic rings. The van der Waals surface area contributed by atoms with Gasteiger partial charge in [-0.3, -0.25) is 9.48 Å². The molecule has 0 saturated carbocycles. The van der Waals surface area contributed by atoms with Crippen LogP contribution in [0.3, 0.4) is 0 Å². The zero-order valence-corrected chi connectivity index (χ0v) is 17.0. The van der Waals surface area contributed by atoms with Crippen molar-refractivity contribution in [3.8, 4) is 11.1 Å². The van der Waals surface area contributed by atoms with E-state index >= 15 is 0 Å². The molecule has 1 unspecified atom stereocenters. The van der Waals surface area contributed by atoms with Crippen molar-refractivity contribution in [2.24, 2.45) is 7.05 Å². The molecule has 2 heterocycles. The van der Waals surface area contributed by atoms with Gasteiger partial charge in [-0.05, 0) is 48.6 Å². The van der Waals surface area contributed by atoms with Gasteiger partial charge < -0.3 is 9.64 Å². The predicted octanol–water partition coefficient (Wildman–Crippen LogP) is 4.22. The van der Waals surface area contributed by atoms with Gasteiger partial charge in [-0.2, -0.15) is 5.10 Å². The summed E-state index contributed by atoms with van der Waals surface area (Å²) < 4.78 is 7.59. The third-order valence-corrected chi connectivity index (χ3v) is 5.53. The molecule has 0 aliphatic carbocycles. The highest BCUT2D eigenvalue weighted by atomic mass is 16.5. The summed E-state index contributed by atoms with van der Waals surface area (Å²) in [6.45, 7) is 4.09. The van der Waals surface area contributed by atoms with E-state index in [1.807, 2.05) is 60.7 Å². The van der Waals surface area contributed by atoms with Crippen LogP contribution in [-0.2, 0) is 18.3 Å². The van der Waals surface area contributed by atoms with Crippen molar-refractivity contribution in [3.63, 3.8) is 0 Å². The molecule has 150 valence electrons. The molecule has 1 aromatic heterocycles. The van der Waals surface area contributed by atoms with Crippen molar-refractivity contribution in [3.05, 3.63) is 77.6 Å². The van der Waals surface area contributed by atoms with Gasteiger partial charge in [0.2, 0.25) is 0 Å². The Morgan fingerprint density at radius 2 is 1.97 bits per heavy atom. The fraction of sp³-hybridized carbons (Fsp3) is 0.333. The van der Waals surface area contributed by atoms with E-state index in [1.165, 1.54) is 11.1 Å². The first-order valence-corrected chi connectivity index (χ1v) is 10.1. The number of aryl methyl sites for hydroxylation is 2. The van der Waals surface area contributed by atoms with Crippen molar-refractivity contribution in [2.45, 2.75) is 32.4 Å². The van der Waals surface area contributed by atoms with Crippen LogP contribution in [0.4, 0.5) is 0 Å². The maximum atomic E-state index is 13.4. The Morgan fingerprint density at radius 3 is 2.62 bits per heavy atom. The molecule has 2 aromatic carbocycles. The summed E-state index contributed by atoms with van der Waals surface area (Å²) in [6.07, 6.45) is 6.00. The molecule has 0 bridgehead atoms. The molecule has 5 heteroatoms. The number of benzene rings is 2. The minimum Gasteiger partial charge on any atom is -0.376 e. The summed E-state index contributed by atoms with van der Waals surface area (Å²) in [5, 5.41) is 4.22. The van der Waals surface area contributed by atoms with Gasteiger partial charge in [-0.15, -0.1) is 0 Å². The standard InChI is InChI=1S/C24H27N3O2/c1-18-6-3-4-7-21(18)16-27(17-23-8-5-13-29-23)24(28)20-11-9-19(10-12-20)22-14-25-26(2)15-22/h3-4,6-7,9-12,14-15,23H,5,8,13,16-17H2,1-2H3. The van der Waals surface area contributed by atoms with Gasteiger partial charge in [0.25, 0.3) is 5.91 Å². The molecule has 1 saturated heterocycles. The molecular formula is C24H27N3O2. The summed E-state index contributed by atoms with van der Waals surface area (Å²) in [4.78, 5) is 15.3.